The van der Waals surface area contributed by atoms with Gasteiger partial charge in [-0.3, -0.25) is 9.59 Å². The molecule has 0 fully saturated rings. The minimum atomic E-state index is -0.545. The Balaban J connectivity index is 1.75. The third kappa shape index (κ3) is 3.68. The zero-order valence-corrected chi connectivity index (χ0v) is 19.5. The second-order valence-electron chi connectivity index (χ2n) is 8.18. The Morgan fingerprint density at radius 2 is 1.85 bits per heavy atom. The summed E-state index contributed by atoms with van der Waals surface area (Å²) in [5.74, 6) is 1.12. The normalized spacial score (nSPS) is 15.4. The highest BCUT2D eigenvalue weighted by molar-refractivity contribution is 7.12. The van der Waals surface area contributed by atoms with Crippen molar-refractivity contribution in [1.29, 1.82) is 0 Å². The monoisotopic (exact) mass is 460 g/mol. The first-order valence-electron chi connectivity index (χ1n) is 10.7. The number of nitrogens with one attached hydrogen (secondary N) is 1. The van der Waals surface area contributed by atoms with E-state index < -0.39 is 6.04 Å². The maximum atomic E-state index is 13.5. The van der Waals surface area contributed by atoms with Crippen LogP contribution in [0.4, 0.5) is 0 Å². The van der Waals surface area contributed by atoms with E-state index in [1.165, 1.54) is 11.3 Å². The Morgan fingerprint density at radius 3 is 2.58 bits per heavy atom. The molecule has 1 N–H and O–H groups in total. The summed E-state index contributed by atoms with van der Waals surface area (Å²) in [7, 11) is 3.19. The quantitative estimate of drug-likeness (QED) is 0.479. The first-order valence-corrected chi connectivity index (χ1v) is 11.6. The lowest BCUT2D eigenvalue weighted by molar-refractivity contribution is 0.0698. The van der Waals surface area contributed by atoms with Crippen LogP contribution < -0.4 is 15.0 Å². The summed E-state index contributed by atoms with van der Waals surface area (Å²) >= 11 is 1.40. The molecule has 2 aromatic heterocycles. The molecule has 4 aromatic rings. The van der Waals surface area contributed by atoms with Gasteiger partial charge in [-0.2, -0.15) is 0 Å². The van der Waals surface area contributed by atoms with Crippen molar-refractivity contribution < 1.29 is 14.3 Å². The van der Waals surface area contributed by atoms with E-state index >= 15 is 0 Å². The van der Waals surface area contributed by atoms with E-state index in [2.05, 4.69) is 4.98 Å². The van der Waals surface area contributed by atoms with Crippen LogP contribution in [0.15, 0.2) is 58.7 Å². The minimum absolute atomic E-state index is 0.0841. The van der Waals surface area contributed by atoms with E-state index in [0.717, 1.165) is 27.6 Å². The van der Waals surface area contributed by atoms with Crippen LogP contribution in [0.1, 0.15) is 38.0 Å². The van der Waals surface area contributed by atoms with Gasteiger partial charge in [0.1, 0.15) is 0 Å². The highest BCUT2D eigenvalue weighted by atomic mass is 32.1. The van der Waals surface area contributed by atoms with Crippen LogP contribution in [0, 0.1) is 6.92 Å². The van der Waals surface area contributed by atoms with E-state index in [1.54, 1.807) is 19.1 Å². The predicted molar refractivity (Wildman–Crippen MR) is 130 cm³/mol. The summed E-state index contributed by atoms with van der Waals surface area (Å²) in [5.41, 5.74) is 4.11. The van der Waals surface area contributed by atoms with Gasteiger partial charge in [0, 0.05) is 17.6 Å². The van der Waals surface area contributed by atoms with Gasteiger partial charge in [0.25, 0.3) is 11.5 Å². The van der Waals surface area contributed by atoms with Crippen molar-refractivity contribution in [1.82, 2.24) is 9.88 Å². The topological polar surface area (TPSA) is 71.6 Å². The van der Waals surface area contributed by atoms with Crippen molar-refractivity contribution in [3.63, 3.8) is 0 Å². The Bertz CT molecular complexity index is 1410. The summed E-state index contributed by atoms with van der Waals surface area (Å²) in [6, 6.07) is 14.8. The molecule has 2 aromatic carbocycles. The molecule has 7 heteroatoms. The fraction of sp³-hybridized carbons (Fsp3) is 0.231. The van der Waals surface area contributed by atoms with Crippen LogP contribution in [0.3, 0.4) is 0 Å². The Kier molecular flexibility index (Phi) is 5.42. The van der Waals surface area contributed by atoms with Gasteiger partial charge in [-0.15, -0.1) is 11.3 Å². The van der Waals surface area contributed by atoms with Crippen LogP contribution in [-0.2, 0) is 6.42 Å². The average Bonchev–Trinajstić information content (AvgIpc) is 3.37. The number of amides is 1. The lowest BCUT2D eigenvalue weighted by Gasteiger charge is -2.37. The molecule has 5 rings (SSSR count). The lowest BCUT2D eigenvalue weighted by atomic mass is 9.87. The molecular weight excluding hydrogens is 436 g/mol. The number of rotatable bonds is 4. The molecule has 0 radical (unpaired) electrons. The van der Waals surface area contributed by atoms with Crippen LogP contribution in [-0.4, -0.2) is 36.6 Å². The molecule has 0 saturated heterocycles. The number of aromatic nitrogens is 1. The maximum absolute atomic E-state index is 13.5. The molecule has 0 bridgehead atoms. The summed E-state index contributed by atoms with van der Waals surface area (Å²) in [5, 5.41) is 2.82. The number of ether oxygens (including phenoxy) is 2. The van der Waals surface area contributed by atoms with Crippen LogP contribution in [0.2, 0.25) is 0 Å². The fourth-order valence-electron chi connectivity index (χ4n) is 4.59. The fourth-order valence-corrected chi connectivity index (χ4v) is 5.27. The smallest absolute Gasteiger partial charge is 0.264 e. The molecule has 3 heterocycles. The van der Waals surface area contributed by atoms with Crippen molar-refractivity contribution in [3.05, 3.63) is 91.4 Å². The van der Waals surface area contributed by atoms with Gasteiger partial charge in [-0.1, -0.05) is 17.7 Å². The highest BCUT2D eigenvalue weighted by Crippen LogP contribution is 2.41. The number of nitrogens with zero attached hydrogens (tertiary/aromatic N) is 1. The number of carbonyl (C=O) groups is 1. The number of fused-ring (bicyclic) bond motifs is 2. The first kappa shape index (κ1) is 21.3. The van der Waals surface area contributed by atoms with Crippen LogP contribution in [0.25, 0.3) is 10.9 Å². The van der Waals surface area contributed by atoms with E-state index in [0.29, 0.717) is 34.9 Å². The van der Waals surface area contributed by atoms with Gasteiger partial charge >= 0.3 is 0 Å². The second-order valence-corrected chi connectivity index (χ2v) is 9.13. The van der Waals surface area contributed by atoms with Gasteiger partial charge in [-0.25, -0.2) is 0 Å². The van der Waals surface area contributed by atoms with Crippen LogP contribution >= 0.6 is 11.3 Å². The molecule has 0 aliphatic carbocycles. The zero-order chi connectivity index (χ0) is 23.1. The summed E-state index contributed by atoms with van der Waals surface area (Å²) < 4.78 is 11.1. The van der Waals surface area contributed by atoms with Crippen molar-refractivity contribution >= 4 is 28.1 Å². The Morgan fingerprint density at radius 1 is 1.06 bits per heavy atom. The number of benzene rings is 2. The number of thiophene rings is 1. The largest absolute Gasteiger partial charge is 0.493 e. The zero-order valence-electron chi connectivity index (χ0n) is 18.7. The van der Waals surface area contributed by atoms with Crippen molar-refractivity contribution in [3.8, 4) is 11.5 Å². The number of pyridine rings is 1. The Hall–Kier alpha value is -3.58. The second kappa shape index (κ2) is 8.41. The van der Waals surface area contributed by atoms with Crippen molar-refractivity contribution in [2.45, 2.75) is 19.4 Å². The van der Waals surface area contributed by atoms with Gasteiger partial charge < -0.3 is 19.4 Å². The van der Waals surface area contributed by atoms with Gasteiger partial charge in [0.05, 0.1) is 25.1 Å². The molecular formula is C26H24N2O4S. The molecule has 33 heavy (non-hydrogen) atoms. The van der Waals surface area contributed by atoms with Gasteiger partial charge in [0.15, 0.2) is 11.5 Å². The number of hydrogen-bond donors (Lipinski definition) is 1. The number of aryl methyl sites for hydroxylation is 1. The van der Waals surface area contributed by atoms with E-state index in [4.69, 9.17) is 9.47 Å². The summed E-state index contributed by atoms with van der Waals surface area (Å²) in [6.07, 6.45) is 0.661. The molecule has 0 spiro atoms. The van der Waals surface area contributed by atoms with Crippen LogP contribution in [0.5, 0.6) is 11.5 Å². The number of aromatic amines is 1. The van der Waals surface area contributed by atoms with Crippen molar-refractivity contribution in [2.75, 3.05) is 20.8 Å². The molecule has 1 amide bonds. The molecule has 6 nitrogen and oxygen atoms in total. The minimum Gasteiger partial charge on any atom is -0.493 e. The number of H-pyrrole nitrogens is 1. The van der Waals surface area contributed by atoms with Gasteiger partial charge in [0.2, 0.25) is 0 Å². The molecule has 1 atom stereocenters. The van der Waals surface area contributed by atoms with E-state index in [-0.39, 0.29) is 11.5 Å². The number of carbonyl (C=O) groups excluding carboxylic acids is 1. The molecule has 168 valence electrons. The van der Waals surface area contributed by atoms with E-state index in [1.807, 2.05) is 60.8 Å². The molecule has 0 saturated carbocycles. The maximum Gasteiger partial charge on any atom is 0.264 e. The third-order valence-electron chi connectivity index (χ3n) is 6.19. The lowest BCUT2D eigenvalue weighted by Crippen LogP contribution is -2.42. The molecule has 1 aliphatic rings. The highest BCUT2D eigenvalue weighted by Gasteiger charge is 2.35. The molecule has 1 unspecified atom stereocenters. The summed E-state index contributed by atoms with van der Waals surface area (Å²) in [4.78, 5) is 32.3. The van der Waals surface area contributed by atoms with E-state index in [9.17, 15) is 9.59 Å². The SMILES string of the molecule is COc1cc2c(cc1OC)C(c1cc3cc(C)ccc3[nH]c1=O)N(C(=O)c1cccs1)CC2. The third-order valence-corrected chi connectivity index (χ3v) is 7.05. The summed E-state index contributed by atoms with van der Waals surface area (Å²) in [6.45, 7) is 2.51. The molecule has 1 aliphatic heterocycles. The number of hydrogen-bond acceptors (Lipinski definition) is 5. The first-order chi connectivity index (χ1) is 16.0. The predicted octanol–water partition coefficient (Wildman–Crippen LogP) is 4.70. The Labute approximate surface area is 195 Å². The van der Waals surface area contributed by atoms with Gasteiger partial charge in [-0.05, 0) is 71.6 Å². The average molecular weight is 461 g/mol. The standard InChI is InChI=1S/C26H24N2O4S/c1-15-6-7-20-17(11-15)12-19(25(29)27-20)24-18-14-22(32-3)21(31-2)13-16(18)8-9-28(24)26(30)23-5-4-10-33-23/h4-7,10-14,24H,8-9H2,1-3H3,(H,27,29). The van der Waals surface area contributed by atoms with Crippen molar-refractivity contribution in [2.24, 2.45) is 0 Å². The number of methoxy groups -OCH3 is 2.